The number of anilines is 1. The van der Waals surface area contributed by atoms with Gasteiger partial charge in [-0.15, -0.1) is 0 Å². The van der Waals surface area contributed by atoms with Crippen LogP contribution in [0.5, 0.6) is 11.8 Å². The summed E-state index contributed by atoms with van der Waals surface area (Å²) in [7, 11) is -1.12. The fraction of sp³-hybridized carbons (Fsp3) is 0.333. The van der Waals surface area contributed by atoms with Crippen LogP contribution in [-0.4, -0.2) is 63.4 Å². The second-order valence-electron chi connectivity index (χ2n) is 5.21. The number of rotatable bonds is 8. The average Bonchev–Trinajstić information content (AvgIpc) is 2.74. The van der Waals surface area contributed by atoms with Crippen molar-refractivity contribution in [2.75, 3.05) is 39.4 Å². The van der Waals surface area contributed by atoms with Gasteiger partial charge in [-0.05, 0) is 17.3 Å². The van der Waals surface area contributed by atoms with E-state index in [1.165, 1.54) is 32.5 Å². The first-order chi connectivity index (χ1) is 13.5. The van der Waals surface area contributed by atoms with Crippen LogP contribution in [0, 0.1) is 0 Å². The molecule has 0 saturated heterocycles. The maximum absolute atomic E-state index is 12.7. The van der Waals surface area contributed by atoms with Gasteiger partial charge < -0.3 is 24.4 Å². The van der Waals surface area contributed by atoms with E-state index in [-0.39, 0.29) is 83.6 Å². The smallest absolute Gasteiger partial charge is 0.481 e. The summed E-state index contributed by atoms with van der Waals surface area (Å²) in [4.78, 5) is 17.0. The number of nitrogens with one attached hydrogen (secondary N) is 2. The van der Waals surface area contributed by atoms with Gasteiger partial charge in [0, 0.05) is 6.20 Å². The molecule has 0 radical (unpaired) electrons. The Bertz CT molecular complexity index is 951. The summed E-state index contributed by atoms with van der Waals surface area (Å²) >= 11 is 0. The van der Waals surface area contributed by atoms with Gasteiger partial charge >= 0.3 is 29.6 Å². The first kappa shape index (κ1) is 23.1. The maximum Gasteiger partial charge on any atom is 1.00 e. The molecule has 150 valence electrons. The number of ether oxygens (including phenoxy) is 3. The van der Waals surface area contributed by atoms with Crippen LogP contribution in [0.4, 0.5) is 5.95 Å². The van der Waals surface area contributed by atoms with Crippen LogP contribution in [0.25, 0.3) is 0 Å². The third kappa shape index (κ3) is 5.90. The standard InChI is InChI=1S/C15H18N6O6S.Na/c1-24-11-8-12(25-2)20-15(19-11)17-9-18-28(22,23)14-10(4-3-5-16-14)13-21-27-7-6-26-13;/h3-5,8,18H,6-7,9H2,1-2H3,(H,17,19,20);/q;+1. The first-order valence-electron chi connectivity index (χ1n) is 8.02. The summed E-state index contributed by atoms with van der Waals surface area (Å²) in [6.45, 7) is 0.341. The van der Waals surface area contributed by atoms with Crippen molar-refractivity contribution in [2.24, 2.45) is 5.16 Å². The minimum Gasteiger partial charge on any atom is -0.481 e. The van der Waals surface area contributed by atoms with Crippen LogP contribution in [0.3, 0.4) is 0 Å². The summed E-state index contributed by atoms with van der Waals surface area (Å²) < 4.78 is 43.1. The summed E-state index contributed by atoms with van der Waals surface area (Å²) in [6.07, 6.45) is 1.35. The van der Waals surface area contributed by atoms with Gasteiger partial charge in [-0.1, -0.05) is 0 Å². The van der Waals surface area contributed by atoms with Crippen LogP contribution in [-0.2, 0) is 19.6 Å². The van der Waals surface area contributed by atoms with E-state index in [9.17, 15) is 8.42 Å². The molecule has 12 nitrogen and oxygen atoms in total. The molecule has 29 heavy (non-hydrogen) atoms. The van der Waals surface area contributed by atoms with Crippen molar-refractivity contribution >= 4 is 21.9 Å². The Labute approximate surface area is 189 Å². The van der Waals surface area contributed by atoms with E-state index in [4.69, 9.17) is 19.0 Å². The van der Waals surface area contributed by atoms with Crippen molar-refractivity contribution < 1.29 is 57.0 Å². The zero-order valence-corrected chi connectivity index (χ0v) is 18.9. The maximum atomic E-state index is 12.7. The number of hydrogen-bond donors (Lipinski definition) is 2. The Balaban J connectivity index is 0.00000300. The number of nitrogens with zero attached hydrogens (tertiary/aromatic N) is 4. The van der Waals surface area contributed by atoms with Crippen LogP contribution in [0.2, 0.25) is 0 Å². The first-order valence-corrected chi connectivity index (χ1v) is 9.50. The normalized spacial score (nSPS) is 13.2. The average molecular weight is 433 g/mol. The summed E-state index contributed by atoms with van der Waals surface area (Å²) in [5, 5.41) is 6.23. The van der Waals surface area contributed by atoms with Gasteiger partial charge in [-0.2, -0.15) is 14.7 Å². The molecule has 0 atom stereocenters. The van der Waals surface area contributed by atoms with Crippen molar-refractivity contribution in [3.63, 3.8) is 0 Å². The SMILES string of the molecule is COc1cc(OC)nc(NCNS(=O)(=O)c2ncccc2C2=NOCCO2)n1.[Na+]. The number of hydrogen-bond acceptors (Lipinski definition) is 11. The second kappa shape index (κ2) is 10.5. The molecule has 2 aromatic rings. The van der Waals surface area contributed by atoms with Crippen LogP contribution in [0.1, 0.15) is 5.56 Å². The van der Waals surface area contributed by atoms with E-state index < -0.39 is 10.0 Å². The Hall–Kier alpha value is -2.19. The van der Waals surface area contributed by atoms with E-state index in [0.717, 1.165) is 0 Å². The zero-order valence-electron chi connectivity index (χ0n) is 16.1. The number of sulfonamides is 1. The van der Waals surface area contributed by atoms with Gasteiger partial charge in [0.15, 0.2) is 11.6 Å². The third-order valence-electron chi connectivity index (χ3n) is 3.42. The Kier molecular flexibility index (Phi) is 8.40. The minimum absolute atomic E-state index is 0. The second-order valence-corrected chi connectivity index (χ2v) is 6.89. The third-order valence-corrected chi connectivity index (χ3v) is 4.78. The molecular formula is C15H18N6NaO6S+. The van der Waals surface area contributed by atoms with Crippen LogP contribution >= 0.6 is 0 Å². The molecule has 2 N–H and O–H groups in total. The molecule has 1 aliphatic heterocycles. The van der Waals surface area contributed by atoms with Gasteiger partial charge in [0.1, 0.15) is 6.61 Å². The van der Waals surface area contributed by atoms with Crippen molar-refractivity contribution in [1.82, 2.24) is 19.7 Å². The van der Waals surface area contributed by atoms with E-state index in [0.29, 0.717) is 0 Å². The number of oxime groups is 1. The molecule has 14 heteroatoms. The number of aromatic nitrogens is 3. The Morgan fingerprint density at radius 2 is 1.90 bits per heavy atom. The fourth-order valence-electron chi connectivity index (χ4n) is 2.17. The monoisotopic (exact) mass is 433 g/mol. The molecule has 0 unspecified atom stereocenters. The van der Waals surface area contributed by atoms with Crippen molar-refractivity contribution in [3.05, 3.63) is 30.0 Å². The quantitative estimate of drug-likeness (QED) is 0.325. The topological polar surface area (TPSA) is 146 Å². The Morgan fingerprint density at radius 1 is 1.17 bits per heavy atom. The van der Waals surface area contributed by atoms with E-state index >= 15 is 0 Å². The summed E-state index contributed by atoms with van der Waals surface area (Å²) in [5.74, 6) is 0.690. The van der Waals surface area contributed by atoms with E-state index in [1.807, 2.05) is 0 Å². The fourth-order valence-corrected chi connectivity index (χ4v) is 3.21. The molecule has 0 fully saturated rings. The van der Waals surface area contributed by atoms with Gasteiger partial charge in [0.2, 0.25) is 17.7 Å². The van der Waals surface area contributed by atoms with Crippen LogP contribution < -0.4 is 49.1 Å². The molecule has 2 aromatic heterocycles. The molecule has 3 heterocycles. The molecule has 3 rings (SSSR count). The predicted octanol–water partition coefficient (Wildman–Crippen LogP) is -3.05. The Morgan fingerprint density at radius 3 is 2.52 bits per heavy atom. The molecule has 0 saturated carbocycles. The van der Waals surface area contributed by atoms with Gasteiger partial charge in [-0.25, -0.2) is 13.4 Å². The largest absolute Gasteiger partial charge is 1.00 e. The predicted molar refractivity (Wildman–Crippen MR) is 96.6 cm³/mol. The zero-order chi connectivity index (χ0) is 20.0. The van der Waals surface area contributed by atoms with Crippen molar-refractivity contribution in [1.29, 1.82) is 0 Å². The van der Waals surface area contributed by atoms with Crippen LogP contribution in [0.15, 0.2) is 34.6 Å². The van der Waals surface area contributed by atoms with Gasteiger partial charge in [0.25, 0.3) is 15.9 Å². The number of pyridine rings is 1. The van der Waals surface area contributed by atoms with Gasteiger partial charge in [0.05, 0.1) is 32.5 Å². The molecule has 0 aliphatic carbocycles. The molecule has 0 spiro atoms. The van der Waals surface area contributed by atoms with Crippen molar-refractivity contribution in [2.45, 2.75) is 5.03 Å². The minimum atomic E-state index is -4.00. The summed E-state index contributed by atoms with van der Waals surface area (Å²) in [6, 6.07) is 4.59. The van der Waals surface area contributed by atoms with Gasteiger partial charge in [-0.3, -0.25) is 0 Å². The molecule has 1 aliphatic rings. The van der Waals surface area contributed by atoms with E-state index in [1.54, 1.807) is 6.07 Å². The number of methoxy groups -OCH3 is 2. The summed E-state index contributed by atoms with van der Waals surface area (Å²) in [5.41, 5.74) is 0.189. The molecular weight excluding hydrogens is 415 g/mol. The van der Waals surface area contributed by atoms with Crippen molar-refractivity contribution in [3.8, 4) is 11.8 Å². The van der Waals surface area contributed by atoms with E-state index in [2.05, 4.69) is 30.1 Å². The molecule has 0 bridgehead atoms. The molecule has 0 amide bonds. The molecule has 0 aromatic carbocycles.